The highest BCUT2D eigenvalue weighted by atomic mass is 16.9. The molecule has 0 unspecified atom stereocenters. The van der Waals surface area contributed by atoms with E-state index in [0.717, 1.165) is 6.20 Å². The van der Waals surface area contributed by atoms with Gasteiger partial charge in [0.1, 0.15) is 6.20 Å². The lowest BCUT2D eigenvalue weighted by Gasteiger charge is -1.83. The number of rotatable bonds is 2. The fraction of sp³-hybridized carbons (Fsp3) is 0. The first-order chi connectivity index (χ1) is 6.97. The lowest BCUT2D eigenvalue weighted by atomic mass is 10.8. The average Bonchev–Trinajstić information content (AvgIpc) is 2.52. The van der Waals surface area contributed by atoms with Crippen LogP contribution in [0.5, 0.6) is 0 Å². The standard InChI is InChI=1S/C3H2N6O2.NO3/c4-8-7-3-5-1-2(6-3)9(10)11;2-1(3)4/h1H,(H,5,6);/q;-1/p+1. The van der Waals surface area contributed by atoms with E-state index >= 15 is 0 Å². The lowest BCUT2D eigenvalue weighted by molar-refractivity contribution is -0.405. The maximum atomic E-state index is 10.0. The summed E-state index contributed by atoms with van der Waals surface area (Å²) in [4.78, 5) is 24.7. The molecular weight excluding hydrogens is 214 g/mol. The van der Waals surface area contributed by atoms with Gasteiger partial charge in [-0.05, 0) is 4.92 Å². The third-order valence-electron chi connectivity index (χ3n) is 0.933. The van der Waals surface area contributed by atoms with Crippen LogP contribution in [0.4, 0.5) is 11.8 Å². The van der Waals surface area contributed by atoms with E-state index in [4.69, 9.17) is 20.9 Å². The summed E-state index contributed by atoms with van der Waals surface area (Å²) >= 11 is 0. The summed E-state index contributed by atoms with van der Waals surface area (Å²) in [5, 5.41) is 27.9. The van der Waals surface area contributed by atoms with Gasteiger partial charge in [-0.25, -0.2) is 4.98 Å². The summed E-state index contributed by atoms with van der Waals surface area (Å²) < 4.78 is 0. The normalized spacial score (nSPS) is 8.00. The number of hydrogen-bond donors (Lipinski definition) is 1. The Morgan fingerprint density at radius 2 is 2.00 bits per heavy atom. The lowest BCUT2D eigenvalue weighted by Crippen LogP contribution is -1.93. The van der Waals surface area contributed by atoms with Gasteiger partial charge in [0.05, 0.1) is 5.09 Å². The number of aromatic nitrogens is 2. The van der Waals surface area contributed by atoms with Crippen molar-refractivity contribution in [2.24, 2.45) is 5.11 Å². The molecule has 0 aromatic carbocycles. The highest BCUT2D eigenvalue weighted by Gasteiger charge is 2.14. The molecule has 80 valence electrons. The van der Waals surface area contributed by atoms with Crippen LogP contribution in [0.25, 0.3) is 10.4 Å². The Balaban J connectivity index is 0.000000423. The van der Waals surface area contributed by atoms with Crippen molar-refractivity contribution in [3.8, 4) is 0 Å². The van der Waals surface area contributed by atoms with Crippen LogP contribution < -0.4 is 4.98 Å². The molecule has 1 rings (SSSR count). The van der Waals surface area contributed by atoms with Crippen LogP contribution in [-0.2, 0) is 0 Å². The minimum Gasteiger partial charge on any atom is -0.358 e. The molecule has 0 spiro atoms. The van der Waals surface area contributed by atoms with Crippen molar-refractivity contribution in [2.75, 3.05) is 0 Å². The Bertz CT molecular complexity index is 384. The van der Waals surface area contributed by atoms with Gasteiger partial charge in [0.25, 0.3) is 0 Å². The van der Waals surface area contributed by atoms with E-state index in [0.29, 0.717) is 0 Å². The van der Waals surface area contributed by atoms with E-state index in [1.54, 1.807) is 0 Å². The van der Waals surface area contributed by atoms with E-state index < -0.39 is 10.0 Å². The zero-order chi connectivity index (χ0) is 11.8. The molecule has 1 aromatic heterocycles. The molecule has 12 nitrogen and oxygen atoms in total. The molecule has 0 aliphatic heterocycles. The Morgan fingerprint density at radius 1 is 1.47 bits per heavy atom. The second-order valence-electron chi connectivity index (χ2n) is 1.82. The number of nitrogens with one attached hydrogen (secondary N) is 2. The summed E-state index contributed by atoms with van der Waals surface area (Å²) in [7, 11) is 0. The van der Waals surface area contributed by atoms with Crippen molar-refractivity contribution in [1.29, 1.82) is 0 Å². The first-order valence-corrected chi connectivity index (χ1v) is 3.09. The maximum absolute atomic E-state index is 10.0. The van der Waals surface area contributed by atoms with Crippen LogP contribution in [0.1, 0.15) is 0 Å². The predicted octanol–water partition coefficient (Wildman–Crippen LogP) is 0.440. The van der Waals surface area contributed by atoms with E-state index in [2.05, 4.69) is 20.0 Å². The first kappa shape index (κ1) is 12.1. The zero-order valence-electron chi connectivity index (χ0n) is 6.85. The average molecular weight is 217 g/mol. The van der Waals surface area contributed by atoms with Crippen molar-refractivity contribution in [2.45, 2.75) is 0 Å². The highest BCUT2D eigenvalue weighted by molar-refractivity contribution is 5.18. The monoisotopic (exact) mass is 217 g/mol. The zero-order valence-corrected chi connectivity index (χ0v) is 6.85. The first-order valence-electron chi connectivity index (χ1n) is 3.09. The SMILES string of the molecule is O=[N+]([O-])[O-].[N-]=[N+]=Nc1[nH]c([N+](=O)[O-])c[nH+]1. The van der Waals surface area contributed by atoms with E-state index in [1.165, 1.54) is 0 Å². The molecule has 1 aromatic rings. The van der Waals surface area contributed by atoms with E-state index in [1.807, 2.05) is 0 Å². The number of imidazole rings is 1. The highest BCUT2D eigenvalue weighted by Crippen LogP contribution is 2.07. The third kappa shape index (κ3) is 5.37. The van der Waals surface area contributed by atoms with Crippen molar-refractivity contribution in [3.05, 3.63) is 42.1 Å². The summed E-state index contributed by atoms with van der Waals surface area (Å²) in [5.74, 6) is -0.230. The van der Waals surface area contributed by atoms with Gasteiger partial charge >= 0.3 is 16.9 Å². The summed E-state index contributed by atoms with van der Waals surface area (Å²) in [6, 6.07) is 0. The summed E-state index contributed by atoms with van der Waals surface area (Å²) in [5.41, 5.74) is 7.92. The topological polar surface area (TPSA) is 188 Å². The molecule has 12 heteroatoms. The Kier molecular flexibility index (Phi) is 4.62. The van der Waals surface area contributed by atoms with Crippen LogP contribution in [0.3, 0.4) is 0 Å². The van der Waals surface area contributed by atoms with Gasteiger partial charge in [-0.1, -0.05) is 0 Å². The fourth-order valence-electron chi connectivity index (χ4n) is 0.527. The third-order valence-corrected chi connectivity index (χ3v) is 0.933. The predicted molar refractivity (Wildman–Crippen MR) is 43.2 cm³/mol. The van der Waals surface area contributed by atoms with E-state index in [-0.39, 0.29) is 11.8 Å². The molecule has 0 fully saturated rings. The van der Waals surface area contributed by atoms with Crippen molar-refractivity contribution in [3.63, 3.8) is 0 Å². The van der Waals surface area contributed by atoms with Gasteiger partial charge in [-0.3, -0.25) is 0 Å². The molecule has 0 aliphatic carbocycles. The van der Waals surface area contributed by atoms with Gasteiger partial charge in [0, 0.05) is 5.53 Å². The Hall–Kier alpha value is -2.88. The Labute approximate surface area is 80.1 Å². The van der Waals surface area contributed by atoms with Gasteiger partial charge in [0.15, 0.2) is 0 Å². The summed E-state index contributed by atoms with van der Waals surface area (Å²) in [6.07, 6.45) is 1.10. The van der Waals surface area contributed by atoms with Crippen LogP contribution >= 0.6 is 0 Å². The van der Waals surface area contributed by atoms with E-state index in [9.17, 15) is 10.1 Å². The largest absolute Gasteiger partial charge is 0.484 e. The molecule has 15 heavy (non-hydrogen) atoms. The van der Waals surface area contributed by atoms with Crippen LogP contribution in [0, 0.1) is 25.4 Å². The number of nitrogens with zero attached hydrogens (tertiary/aromatic N) is 5. The van der Waals surface area contributed by atoms with Crippen LogP contribution in [0.2, 0.25) is 0 Å². The molecule has 1 heterocycles. The van der Waals surface area contributed by atoms with Crippen molar-refractivity contribution in [1.82, 2.24) is 4.98 Å². The number of nitro groups is 1. The van der Waals surface area contributed by atoms with Crippen LogP contribution in [0.15, 0.2) is 11.3 Å². The number of aromatic amines is 2. The molecule has 0 atom stereocenters. The summed E-state index contributed by atoms with van der Waals surface area (Å²) in [6.45, 7) is 0. The second-order valence-corrected chi connectivity index (χ2v) is 1.82. The quantitative estimate of drug-likeness (QED) is 0.246. The van der Waals surface area contributed by atoms with Crippen molar-refractivity contribution >= 4 is 11.8 Å². The minimum atomic E-state index is -1.75. The van der Waals surface area contributed by atoms with Gasteiger partial charge in [-0.2, -0.15) is 4.98 Å². The maximum Gasteiger partial charge on any atom is 0.484 e. The van der Waals surface area contributed by atoms with Gasteiger partial charge < -0.3 is 25.4 Å². The minimum absolute atomic E-state index is 0.0131. The molecular formula is C3H3N7O5. The number of H-pyrrole nitrogens is 2. The van der Waals surface area contributed by atoms with Crippen molar-refractivity contribution < 1.29 is 15.0 Å². The number of hydrogen-bond acceptors (Lipinski definition) is 6. The molecule has 2 N–H and O–H groups in total. The molecule has 0 amide bonds. The molecule has 0 aliphatic rings. The fourth-order valence-corrected chi connectivity index (χ4v) is 0.527. The molecule has 0 saturated heterocycles. The van der Waals surface area contributed by atoms with Gasteiger partial charge in [-0.15, -0.1) is 0 Å². The molecule has 0 radical (unpaired) electrons. The van der Waals surface area contributed by atoms with Gasteiger partial charge in [0.2, 0.25) is 4.91 Å². The Morgan fingerprint density at radius 3 is 2.33 bits per heavy atom. The molecule has 0 saturated carbocycles. The van der Waals surface area contributed by atoms with Crippen LogP contribution in [-0.4, -0.2) is 15.0 Å². The smallest absolute Gasteiger partial charge is 0.358 e. The second kappa shape index (κ2) is 5.71. The molecule has 0 bridgehead atoms. The number of azide groups is 1.